The number of aliphatic carboxylic acids is 1. The molecule has 0 aliphatic rings. The molecule has 0 aliphatic carbocycles. The van der Waals surface area contributed by atoms with Crippen LogP contribution in [0.5, 0.6) is 17.4 Å². The van der Waals surface area contributed by atoms with Gasteiger partial charge in [-0.2, -0.15) is 0 Å². The molecule has 1 atom stereocenters. The number of nitrogens with zero attached hydrogens (tertiary/aromatic N) is 4. The number of carboxylic acid groups (broad SMARTS) is 1. The first-order chi connectivity index (χ1) is 18.2. The summed E-state index contributed by atoms with van der Waals surface area (Å²) in [5.41, 5.74) is -0.296. The standard InChI is InChI=1S/C26H24ClN5O6/c1-16(23(33)34)14-32-25(35)30-24(31(26(32)36)15-17-3-5-18(27)6-4-17)29-19-7-9-20(10-8-19)38-22-13-21(37-2)11-12-28-22/h3-13,16H,14-15H2,1-2H3,(H,33,34)(H,29,30,35)/t16-/m0/s1. The van der Waals surface area contributed by atoms with Gasteiger partial charge < -0.3 is 14.6 Å². The van der Waals surface area contributed by atoms with Crippen LogP contribution in [-0.2, 0) is 17.9 Å². The van der Waals surface area contributed by atoms with Gasteiger partial charge in [-0.3, -0.25) is 14.3 Å². The molecule has 4 aromatic rings. The normalized spacial score (nSPS) is 12.2. The molecule has 196 valence electrons. The summed E-state index contributed by atoms with van der Waals surface area (Å²) in [7, 11) is 1.55. The van der Waals surface area contributed by atoms with E-state index in [4.69, 9.17) is 21.1 Å². The third-order valence-electron chi connectivity index (χ3n) is 5.55. The molecule has 4 rings (SSSR count). The van der Waals surface area contributed by atoms with E-state index in [0.717, 1.165) is 10.1 Å². The van der Waals surface area contributed by atoms with E-state index in [-0.39, 0.29) is 18.7 Å². The zero-order chi connectivity index (χ0) is 27.2. The summed E-state index contributed by atoms with van der Waals surface area (Å²) in [4.78, 5) is 48.6. The van der Waals surface area contributed by atoms with Crippen molar-refractivity contribution in [2.24, 2.45) is 10.9 Å². The van der Waals surface area contributed by atoms with E-state index in [1.165, 1.54) is 11.5 Å². The van der Waals surface area contributed by atoms with Crippen molar-refractivity contribution in [1.29, 1.82) is 0 Å². The topological polar surface area (TPSA) is 141 Å². The number of pyridine rings is 1. The minimum absolute atomic E-state index is 0.00249. The van der Waals surface area contributed by atoms with Crippen LogP contribution in [0.3, 0.4) is 0 Å². The Bertz CT molecular complexity index is 1620. The van der Waals surface area contributed by atoms with Crippen LogP contribution in [-0.4, -0.2) is 37.3 Å². The molecule has 2 N–H and O–H groups in total. The highest BCUT2D eigenvalue weighted by Gasteiger charge is 2.17. The molecule has 0 fully saturated rings. The second-order valence-electron chi connectivity index (χ2n) is 8.34. The lowest BCUT2D eigenvalue weighted by Crippen LogP contribution is -2.51. The fourth-order valence-electron chi connectivity index (χ4n) is 3.48. The molecule has 0 radical (unpaired) electrons. The van der Waals surface area contributed by atoms with Gasteiger partial charge in [0, 0.05) is 23.8 Å². The average molecular weight is 538 g/mol. The Morgan fingerprint density at radius 2 is 1.79 bits per heavy atom. The average Bonchev–Trinajstić information content (AvgIpc) is 2.91. The van der Waals surface area contributed by atoms with Gasteiger partial charge in [0.1, 0.15) is 11.5 Å². The van der Waals surface area contributed by atoms with Crippen LogP contribution in [0.1, 0.15) is 12.5 Å². The highest BCUT2D eigenvalue weighted by molar-refractivity contribution is 6.30. The quantitative estimate of drug-likeness (QED) is 0.334. The van der Waals surface area contributed by atoms with Gasteiger partial charge in [-0.05, 0) is 48.0 Å². The van der Waals surface area contributed by atoms with E-state index in [2.05, 4.69) is 15.0 Å². The van der Waals surface area contributed by atoms with E-state index < -0.39 is 23.3 Å². The van der Waals surface area contributed by atoms with Gasteiger partial charge in [-0.1, -0.05) is 30.7 Å². The molecule has 0 saturated heterocycles. The smallest absolute Gasteiger partial charge is 0.335 e. The molecule has 0 saturated carbocycles. The number of carbonyl (C=O) groups is 1. The number of methoxy groups -OCH3 is 1. The number of rotatable bonds is 9. The van der Waals surface area contributed by atoms with Gasteiger partial charge in [0.2, 0.25) is 11.5 Å². The van der Waals surface area contributed by atoms with Crippen LogP contribution in [0.25, 0.3) is 0 Å². The van der Waals surface area contributed by atoms with E-state index >= 15 is 0 Å². The molecule has 2 heterocycles. The van der Waals surface area contributed by atoms with Crippen molar-refractivity contribution in [2.75, 3.05) is 7.11 Å². The number of aromatic nitrogens is 4. The monoisotopic (exact) mass is 537 g/mol. The Kier molecular flexibility index (Phi) is 8.07. The maximum absolute atomic E-state index is 13.3. The van der Waals surface area contributed by atoms with Gasteiger partial charge in [0.05, 0.1) is 25.3 Å². The molecule has 0 bridgehead atoms. The summed E-state index contributed by atoms with van der Waals surface area (Å²) in [6.45, 7) is 1.19. The summed E-state index contributed by atoms with van der Waals surface area (Å²) < 4.78 is 13.0. The number of nitrogens with one attached hydrogen (secondary N) is 1. The summed E-state index contributed by atoms with van der Waals surface area (Å²) in [5.74, 6) is -0.639. The number of carboxylic acids is 1. The van der Waals surface area contributed by atoms with Crippen molar-refractivity contribution in [3.63, 3.8) is 0 Å². The Balaban J connectivity index is 1.72. The van der Waals surface area contributed by atoms with E-state index in [0.29, 0.717) is 28.1 Å². The zero-order valence-electron chi connectivity index (χ0n) is 20.5. The molecule has 0 amide bonds. The van der Waals surface area contributed by atoms with Crippen LogP contribution in [0.4, 0.5) is 5.69 Å². The lowest BCUT2D eigenvalue weighted by molar-refractivity contribution is -0.141. The molecular formula is C26H24ClN5O6. The second kappa shape index (κ2) is 11.6. The molecule has 38 heavy (non-hydrogen) atoms. The van der Waals surface area contributed by atoms with Crippen molar-refractivity contribution in [3.05, 3.63) is 104 Å². The van der Waals surface area contributed by atoms with Crippen molar-refractivity contribution < 1.29 is 19.4 Å². The van der Waals surface area contributed by atoms with Crippen LogP contribution in [0.15, 0.2) is 81.4 Å². The first kappa shape index (κ1) is 26.4. The molecule has 0 aliphatic heterocycles. The molecule has 0 spiro atoms. The molecule has 2 aromatic heterocycles. The fourth-order valence-corrected chi connectivity index (χ4v) is 3.60. The molecular weight excluding hydrogens is 514 g/mol. The lowest BCUT2D eigenvalue weighted by atomic mass is 10.2. The third-order valence-corrected chi connectivity index (χ3v) is 5.80. The minimum Gasteiger partial charge on any atom is -0.497 e. The van der Waals surface area contributed by atoms with Crippen LogP contribution >= 0.6 is 11.6 Å². The fraction of sp³-hybridized carbons (Fsp3) is 0.192. The lowest BCUT2D eigenvalue weighted by Gasteiger charge is -2.13. The number of hydrogen-bond acceptors (Lipinski definition) is 7. The van der Waals surface area contributed by atoms with Gasteiger partial charge >= 0.3 is 17.3 Å². The van der Waals surface area contributed by atoms with Crippen molar-refractivity contribution in [2.45, 2.75) is 20.0 Å². The molecule has 0 unspecified atom stereocenters. The summed E-state index contributed by atoms with van der Waals surface area (Å²) in [5, 5.41) is 9.79. The molecule has 11 nitrogen and oxygen atoms in total. The van der Waals surface area contributed by atoms with Crippen molar-refractivity contribution >= 4 is 23.3 Å². The van der Waals surface area contributed by atoms with E-state index in [1.807, 2.05) is 0 Å². The number of halogens is 1. The minimum atomic E-state index is -1.12. The predicted octanol–water partition coefficient (Wildman–Crippen LogP) is 3.19. The summed E-state index contributed by atoms with van der Waals surface area (Å²) in [6, 6.07) is 16.8. The molecule has 2 aromatic carbocycles. The van der Waals surface area contributed by atoms with Crippen LogP contribution < -0.4 is 26.5 Å². The Morgan fingerprint density at radius 3 is 2.45 bits per heavy atom. The Morgan fingerprint density at radius 1 is 1.08 bits per heavy atom. The third kappa shape index (κ3) is 6.37. The number of aromatic amines is 1. The number of ether oxygens (including phenoxy) is 2. The van der Waals surface area contributed by atoms with Crippen molar-refractivity contribution in [1.82, 2.24) is 19.1 Å². The van der Waals surface area contributed by atoms with E-state index in [1.54, 1.807) is 74.0 Å². The second-order valence-corrected chi connectivity index (χ2v) is 8.78. The number of hydrogen-bond donors (Lipinski definition) is 2. The van der Waals surface area contributed by atoms with Gasteiger partial charge in [-0.25, -0.2) is 24.1 Å². The maximum Gasteiger partial charge on any atom is 0.335 e. The van der Waals surface area contributed by atoms with Gasteiger partial charge in [0.25, 0.3) is 0 Å². The number of benzene rings is 2. The maximum atomic E-state index is 13.3. The Labute approximate surface area is 221 Å². The van der Waals surface area contributed by atoms with E-state index in [9.17, 15) is 19.5 Å². The highest BCUT2D eigenvalue weighted by atomic mass is 35.5. The SMILES string of the molecule is COc1ccnc(Oc2ccc(/N=c3\[nH]c(=O)n(C[C@H](C)C(=O)O)c(=O)n3Cc3ccc(Cl)cc3)cc2)c1. The first-order valence-corrected chi connectivity index (χ1v) is 11.8. The highest BCUT2D eigenvalue weighted by Crippen LogP contribution is 2.24. The zero-order valence-corrected chi connectivity index (χ0v) is 21.3. The largest absolute Gasteiger partial charge is 0.497 e. The predicted molar refractivity (Wildman–Crippen MR) is 139 cm³/mol. The number of H-pyrrole nitrogens is 1. The summed E-state index contributed by atoms with van der Waals surface area (Å²) >= 11 is 5.98. The Hall–Kier alpha value is -4.64. The van der Waals surface area contributed by atoms with Crippen molar-refractivity contribution in [3.8, 4) is 17.4 Å². The summed E-state index contributed by atoms with van der Waals surface area (Å²) in [6.07, 6.45) is 1.56. The first-order valence-electron chi connectivity index (χ1n) is 11.5. The van der Waals surface area contributed by atoms with Crippen LogP contribution in [0.2, 0.25) is 5.02 Å². The molecule has 12 heteroatoms. The van der Waals surface area contributed by atoms with Gasteiger partial charge in [-0.15, -0.1) is 0 Å². The van der Waals surface area contributed by atoms with Gasteiger partial charge in [0.15, 0.2) is 0 Å². The van der Waals surface area contributed by atoms with Crippen LogP contribution in [0, 0.1) is 5.92 Å².